The third kappa shape index (κ3) is 4.25. The highest BCUT2D eigenvalue weighted by molar-refractivity contribution is 7.21. The smallest absolute Gasteiger partial charge is 0.225 e. The number of aliphatic hydroxyl groups is 1. The largest absolute Gasteiger partial charge is 0.396 e. The van der Waals surface area contributed by atoms with E-state index in [-0.39, 0.29) is 18.1 Å². The maximum Gasteiger partial charge on any atom is 0.225 e. The highest BCUT2D eigenvalue weighted by Crippen LogP contribution is 2.44. The van der Waals surface area contributed by atoms with Gasteiger partial charge in [0.05, 0.1) is 33.7 Å². The fraction of sp³-hybridized carbons (Fsp3) is 0.440. The molecule has 0 radical (unpaired) electrons. The summed E-state index contributed by atoms with van der Waals surface area (Å²) in [5, 5.41) is 21.7. The molecule has 8 nitrogen and oxygen atoms in total. The van der Waals surface area contributed by atoms with Gasteiger partial charge < -0.3 is 20.3 Å². The zero-order valence-electron chi connectivity index (χ0n) is 19.9. The summed E-state index contributed by atoms with van der Waals surface area (Å²) < 4.78 is 6.45. The fourth-order valence-corrected chi connectivity index (χ4v) is 5.89. The Balaban J connectivity index is 1.54. The molecule has 3 heterocycles. The van der Waals surface area contributed by atoms with E-state index in [0.29, 0.717) is 18.4 Å². The zero-order valence-corrected chi connectivity index (χ0v) is 20.7. The van der Waals surface area contributed by atoms with Crippen molar-refractivity contribution < 1.29 is 9.63 Å². The van der Waals surface area contributed by atoms with Crippen LogP contribution >= 0.6 is 11.3 Å². The summed E-state index contributed by atoms with van der Waals surface area (Å²) in [6, 6.07) is 10.0. The van der Waals surface area contributed by atoms with E-state index in [0.717, 1.165) is 56.6 Å². The van der Waals surface area contributed by atoms with Crippen molar-refractivity contribution in [2.45, 2.75) is 52.6 Å². The van der Waals surface area contributed by atoms with Gasteiger partial charge in [-0.1, -0.05) is 24.2 Å². The first-order chi connectivity index (χ1) is 16.4. The number of anilines is 2. The first kappa shape index (κ1) is 22.7. The minimum atomic E-state index is -0.196. The van der Waals surface area contributed by atoms with Crippen molar-refractivity contribution >= 4 is 33.3 Å². The highest BCUT2D eigenvalue weighted by Gasteiger charge is 2.43. The molecule has 178 valence electrons. The molecule has 9 heteroatoms. The summed E-state index contributed by atoms with van der Waals surface area (Å²) in [5.74, 6) is 2.58. The Bertz CT molecular complexity index is 1280. The molecule has 1 fully saturated rings. The van der Waals surface area contributed by atoms with Crippen LogP contribution in [0.4, 0.5) is 11.8 Å². The molecule has 0 aliphatic heterocycles. The molecule has 3 unspecified atom stereocenters. The molecule has 1 aliphatic carbocycles. The van der Waals surface area contributed by atoms with Crippen molar-refractivity contribution in [1.82, 2.24) is 20.1 Å². The summed E-state index contributed by atoms with van der Waals surface area (Å²) in [6.07, 6.45) is 1.94. The molecular weight excluding hydrogens is 448 g/mol. The normalized spacial score (nSPS) is 22.4. The van der Waals surface area contributed by atoms with Crippen molar-refractivity contribution in [2.24, 2.45) is 11.8 Å². The number of benzene rings is 1. The first-order valence-electron chi connectivity index (χ1n) is 11.7. The molecule has 0 amide bonds. The first-order valence-corrected chi connectivity index (χ1v) is 12.5. The quantitative estimate of drug-likeness (QED) is 0.333. The van der Waals surface area contributed by atoms with E-state index in [9.17, 15) is 5.11 Å². The van der Waals surface area contributed by atoms with E-state index in [2.05, 4.69) is 35.7 Å². The lowest BCUT2D eigenvalue weighted by atomic mass is 9.86. The molecule has 5 rings (SSSR count). The van der Waals surface area contributed by atoms with E-state index in [4.69, 9.17) is 19.5 Å². The Morgan fingerprint density at radius 1 is 1.21 bits per heavy atom. The van der Waals surface area contributed by atoms with Crippen LogP contribution in [-0.4, -0.2) is 37.4 Å². The summed E-state index contributed by atoms with van der Waals surface area (Å²) in [6.45, 7) is 8.96. The highest BCUT2D eigenvalue weighted by atomic mass is 32.1. The van der Waals surface area contributed by atoms with Gasteiger partial charge in [0.2, 0.25) is 5.95 Å². The standard InChI is InChI=1S/C25H30N6O2S/c1-14-11-18(33-31-14)12-26-24-27-16(3)21(23-28-19-7-5-6-8-20(19)34-23)22(29-24)30-25(4)10-9-17(13-32)15(25)2/h5-8,11,15,17,32H,9-10,12-13H2,1-4H3,(H2,26,27,29,30). The number of aromatic nitrogens is 4. The van der Waals surface area contributed by atoms with Gasteiger partial charge in [-0.3, -0.25) is 0 Å². The zero-order chi connectivity index (χ0) is 23.9. The molecule has 3 aromatic heterocycles. The van der Waals surface area contributed by atoms with Gasteiger partial charge in [0.15, 0.2) is 5.76 Å². The van der Waals surface area contributed by atoms with Gasteiger partial charge in [-0.05, 0) is 57.6 Å². The lowest BCUT2D eigenvalue weighted by Gasteiger charge is -2.33. The molecule has 3 atom stereocenters. The summed E-state index contributed by atoms with van der Waals surface area (Å²) in [7, 11) is 0. The maximum absolute atomic E-state index is 9.83. The molecule has 3 N–H and O–H groups in total. The number of nitrogens with one attached hydrogen (secondary N) is 2. The molecule has 0 spiro atoms. The Labute approximate surface area is 202 Å². The number of nitrogens with zero attached hydrogens (tertiary/aromatic N) is 4. The molecule has 0 saturated heterocycles. The molecule has 1 aliphatic rings. The molecule has 1 saturated carbocycles. The third-order valence-electron chi connectivity index (χ3n) is 7.08. The number of aliphatic hydroxyl groups excluding tert-OH is 1. The van der Waals surface area contributed by atoms with Crippen LogP contribution in [0.1, 0.15) is 43.8 Å². The Kier molecular flexibility index (Phi) is 5.99. The Morgan fingerprint density at radius 2 is 2.03 bits per heavy atom. The lowest BCUT2D eigenvalue weighted by Crippen LogP contribution is -2.40. The van der Waals surface area contributed by atoms with Gasteiger partial charge in [0.1, 0.15) is 10.8 Å². The van der Waals surface area contributed by atoms with Crippen molar-refractivity contribution in [3.63, 3.8) is 0 Å². The number of hydrogen-bond donors (Lipinski definition) is 3. The molecule has 1 aromatic carbocycles. The predicted octanol–water partition coefficient (Wildman–Crippen LogP) is 5.18. The minimum absolute atomic E-state index is 0.196. The number of thiazole rings is 1. The topological polar surface area (TPSA) is 109 Å². The minimum Gasteiger partial charge on any atom is -0.396 e. The van der Waals surface area contributed by atoms with Gasteiger partial charge in [0, 0.05) is 18.2 Å². The Morgan fingerprint density at radius 3 is 2.74 bits per heavy atom. The summed E-state index contributed by atoms with van der Waals surface area (Å²) >= 11 is 1.65. The lowest BCUT2D eigenvalue weighted by molar-refractivity contribution is 0.187. The number of fused-ring (bicyclic) bond motifs is 1. The van der Waals surface area contributed by atoms with Crippen LogP contribution in [0.2, 0.25) is 0 Å². The number of rotatable bonds is 7. The molecular formula is C25H30N6O2S. The average Bonchev–Trinajstić information content (AvgIpc) is 3.50. The summed E-state index contributed by atoms with van der Waals surface area (Å²) in [5.41, 5.74) is 3.38. The van der Waals surface area contributed by atoms with Gasteiger partial charge in [0.25, 0.3) is 0 Å². The molecule has 4 aromatic rings. The number of hydrogen-bond acceptors (Lipinski definition) is 9. The molecule has 34 heavy (non-hydrogen) atoms. The van der Waals surface area contributed by atoms with Gasteiger partial charge in [-0.25, -0.2) is 9.97 Å². The van der Waals surface area contributed by atoms with E-state index in [1.807, 2.05) is 38.1 Å². The van der Waals surface area contributed by atoms with Crippen LogP contribution in [0.3, 0.4) is 0 Å². The number of aryl methyl sites for hydroxylation is 2. The van der Waals surface area contributed by atoms with E-state index in [1.165, 1.54) is 0 Å². The van der Waals surface area contributed by atoms with Crippen LogP contribution in [-0.2, 0) is 6.54 Å². The van der Waals surface area contributed by atoms with Crippen molar-refractivity contribution in [2.75, 3.05) is 17.2 Å². The second kappa shape index (κ2) is 8.96. The van der Waals surface area contributed by atoms with E-state index >= 15 is 0 Å². The van der Waals surface area contributed by atoms with Crippen molar-refractivity contribution in [3.05, 3.63) is 47.5 Å². The van der Waals surface area contributed by atoms with Gasteiger partial charge >= 0.3 is 0 Å². The van der Waals surface area contributed by atoms with Crippen LogP contribution < -0.4 is 10.6 Å². The van der Waals surface area contributed by atoms with E-state index < -0.39 is 0 Å². The van der Waals surface area contributed by atoms with E-state index in [1.54, 1.807) is 11.3 Å². The van der Waals surface area contributed by atoms with Crippen molar-refractivity contribution in [1.29, 1.82) is 0 Å². The number of para-hydroxylation sites is 1. The molecule has 0 bridgehead atoms. The summed E-state index contributed by atoms with van der Waals surface area (Å²) in [4.78, 5) is 14.5. The van der Waals surface area contributed by atoms with Crippen LogP contribution in [0.25, 0.3) is 20.8 Å². The second-order valence-corrected chi connectivity index (χ2v) is 10.5. The fourth-order valence-electron chi connectivity index (χ4n) is 4.82. The second-order valence-electron chi connectivity index (χ2n) is 9.44. The third-order valence-corrected chi connectivity index (χ3v) is 8.13. The maximum atomic E-state index is 9.83. The van der Waals surface area contributed by atoms with Crippen molar-refractivity contribution in [3.8, 4) is 10.6 Å². The van der Waals surface area contributed by atoms with Crippen LogP contribution in [0.5, 0.6) is 0 Å². The van der Waals surface area contributed by atoms with Gasteiger partial charge in [-0.2, -0.15) is 4.98 Å². The van der Waals surface area contributed by atoms with Crippen LogP contribution in [0.15, 0.2) is 34.9 Å². The monoisotopic (exact) mass is 478 g/mol. The predicted molar refractivity (Wildman–Crippen MR) is 135 cm³/mol. The average molecular weight is 479 g/mol. The Hall–Kier alpha value is -3.04. The van der Waals surface area contributed by atoms with Gasteiger partial charge in [-0.15, -0.1) is 11.3 Å². The van der Waals surface area contributed by atoms with Crippen LogP contribution in [0, 0.1) is 25.7 Å². The SMILES string of the molecule is Cc1cc(CNc2nc(C)c(-c3nc4ccccc4s3)c(NC3(C)CCC(CO)C3C)n2)on1.